The average Bonchev–Trinajstić information content (AvgIpc) is 2.43. The number of benzene rings is 1. The molecule has 0 spiro atoms. The highest BCUT2D eigenvalue weighted by atomic mass is 19.1. The summed E-state index contributed by atoms with van der Waals surface area (Å²) >= 11 is 0. The van der Waals surface area contributed by atoms with Crippen LogP contribution < -0.4 is 10.6 Å². The van der Waals surface area contributed by atoms with Gasteiger partial charge in [-0.1, -0.05) is 6.07 Å². The molecule has 0 atom stereocenters. The number of carbonyl (C=O) groups excluding carboxylic acids is 1. The number of pyridine rings is 1. The van der Waals surface area contributed by atoms with Crippen molar-refractivity contribution in [3.8, 4) is 0 Å². The van der Waals surface area contributed by atoms with Crippen LogP contribution in [0.2, 0.25) is 0 Å². The number of aromatic nitrogens is 1. The molecule has 1 heterocycles. The van der Waals surface area contributed by atoms with E-state index in [0.717, 1.165) is 5.69 Å². The second kappa shape index (κ2) is 6.61. The van der Waals surface area contributed by atoms with Gasteiger partial charge in [-0.15, -0.1) is 0 Å². The first-order valence-corrected chi connectivity index (χ1v) is 5.90. The van der Waals surface area contributed by atoms with E-state index in [-0.39, 0.29) is 18.3 Å². The molecule has 1 aromatic heterocycles. The van der Waals surface area contributed by atoms with Crippen LogP contribution in [0.4, 0.5) is 10.1 Å². The monoisotopic (exact) mass is 259 g/mol. The molecule has 0 aliphatic heterocycles. The molecule has 2 aromatic rings. The van der Waals surface area contributed by atoms with E-state index < -0.39 is 0 Å². The Balaban J connectivity index is 1.74. The molecule has 5 heteroatoms. The molecule has 1 amide bonds. The van der Waals surface area contributed by atoms with E-state index >= 15 is 0 Å². The highest BCUT2D eigenvalue weighted by Gasteiger charge is 2.02. The van der Waals surface area contributed by atoms with Gasteiger partial charge in [-0.2, -0.15) is 0 Å². The van der Waals surface area contributed by atoms with Gasteiger partial charge in [0.05, 0.1) is 12.2 Å². The van der Waals surface area contributed by atoms with Crippen molar-refractivity contribution in [2.24, 2.45) is 0 Å². The van der Waals surface area contributed by atoms with Gasteiger partial charge in [-0.25, -0.2) is 4.39 Å². The van der Waals surface area contributed by atoms with Crippen LogP contribution in [0.15, 0.2) is 48.7 Å². The Morgan fingerprint density at radius 1 is 1.16 bits per heavy atom. The Morgan fingerprint density at radius 3 is 2.63 bits per heavy atom. The highest BCUT2D eigenvalue weighted by molar-refractivity contribution is 5.92. The fraction of sp³-hybridized carbons (Fsp3) is 0.143. The third kappa shape index (κ3) is 4.48. The van der Waals surface area contributed by atoms with E-state index in [9.17, 15) is 9.18 Å². The third-order valence-electron chi connectivity index (χ3n) is 2.45. The smallest absolute Gasteiger partial charge is 0.238 e. The Labute approximate surface area is 110 Å². The van der Waals surface area contributed by atoms with E-state index in [2.05, 4.69) is 15.6 Å². The Morgan fingerprint density at radius 2 is 1.95 bits per heavy atom. The lowest BCUT2D eigenvalue weighted by Crippen LogP contribution is -2.27. The van der Waals surface area contributed by atoms with Crippen LogP contribution in [-0.2, 0) is 11.3 Å². The molecule has 0 aliphatic carbocycles. The largest absolute Gasteiger partial charge is 0.325 e. The van der Waals surface area contributed by atoms with Gasteiger partial charge in [0.2, 0.25) is 5.91 Å². The molecule has 0 unspecified atom stereocenters. The number of carbonyl (C=O) groups is 1. The molecular formula is C14H14FN3O. The fourth-order valence-electron chi connectivity index (χ4n) is 1.55. The van der Waals surface area contributed by atoms with Crippen molar-refractivity contribution in [3.05, 3.63) is 60.2 Å². The number of nitrogens with zero attached hydrogens (tertiary/aromatic N) is 1. The molecule has 0 fully saturated rings. The average molecular weight is 259 g/mol. The van der Waals surface area contributed by atoms with Gasteiger partial charge in [-0.3, -0.25) is 9.78 Å². The maximum atomic E-state index is 12.7. The van der Waals surface area contributed by atoms with Crippen LogP contribution in [0.1, 0.15) is 5.69 Å². The Bertz CT molecular complexity index is 528. The minimum atomic E-state index is -0.328. The number of halogens is 1. The van der Waals surface area contributed by atoms with Crippen LogP contribution in [0.25, 0.3) is 0 Å². The molecule has 0 aliphatic rings. The first kappa shape index (κ1) is 13.2. The summed E-state index contributed by atoms with van der Waals surface area (Å²) in [5.41, 5.74) is 1.45. The second-order valence-electron chi connectivity index (χ2n) is 3.98. The first-order valence-electron chi connectivity index (χ1n) is 5.90. The SMILES string of the molecule is O=C(CNCc1ccccn1)Nc1ccc(F)cc1. The number of anilines is 1. The van der Waals surface area contributed by atoms with Gasteiger partial charge in [-0.05, 0) is 36.4 Å². The van der Waals surface area contributed by atoms with Crippen molar-refractivity contribution in [2.75, 3.05) is 11.9 Å². The number of hydrogen-bond acceptors (Lipinski definition) is 3. The van der Waals surface area contributed by atoms with Gasteiger partial charge < -0.3 is 10.6 Å². The zero-order valence-corrected chi connectivity index (χ0v) is 10.3. The fourth-order valence-corrected chi connectivity index (χ4v) is 1.55. The maximum Gasteiger partial charge on any atom is 0.238 e. The molecule has 0 bridgehead atoms. The van der Waals surface area contributed by atoms with Crippen LogP contribution in [0, 0.1) is 5.82 Å². The van der Waals surface area contributed by atoms with Crippen molar-refractivity contribution in [2.45, 2.75) is 6.54 Å². The van der Waals surface area contributed by atoms with Crippen LogP contribution in [-0.4, -0.2) is 17.4 Å². The molecular weight excluding hydrogens is 245 g/mol. The molecule has 2 N–H and O–H groups in total. The van der Waals surface area contributed by atoms with Crippen LogP contribution >= 0.6 is 0 Å². The quantitative estimate of drug-likeness (QED) is 0.863. The summed E-state index contributed by atoms with van der Waals surface area (Å²) in [7, 11) is 0. The molecule has 4 nitrogen and oxygen atoms in total. The van der Waals surface area contributed by atoms with Crippen molar-refractivity contribution in [3.63, 3.8) is 0 Å². The lowest BCUT2D eigenvalue weighted by atomic mass is 10.3. The molecule has 0 radical (unpaired) electrons. The number of hydrogen-bond donors (Lipinski definition) is 2. The highest BCUT2D eigenvalue weighted by Crippen LogP contribution is 2.07. The van der Waals surface area contributed by atoms with Crippen molar-refractivity contribution in [1.82, 2.24) is 10.3 Å². The summed E-state index contributed by atoms with van der Waals surface area (Å²) in [6, 6.07) is 11.3. The van der Waals surface area contributed by atoms with E-state index in [4.69, 9.17) is 0 Å². The summed E-state index contributed by atoms with van der Waals surface area (Å²) < 4.78 is 12.7. The number of nitrogens with one attached hydrogen (secondary N) is 2. The zero-order chi connectivity index (χ0) is 13.5. The summed E-state index contributed by atoms with van der Waals surface area (Å²) in [5.74, 6) is -0.506. The molecule has 0 saturated heterocycles. The molecule has 98 valence electrons. The normalized spacial score (nSPS) is 10.2. The van der Waals surface area contributed by atoms with E-state index in [0.29, 0.717) is 12.2 Å². The van der Waals surface area contributed by atoms with Gasteiger partial charge in [0.15, 0.2) is 0 Å². The molecule has 1 aromatic carbocycles. The summed E-state index contributed by atoms with van der Waals surface area (Å²) in [5, 5.41) is 5.65. The first-order chi connectivity index (χ1) is 9.24. The standard InChI is InChI=1S/C14H14FN3O/c15-11-4-6-12(7-5-11)18-14(19)10-16-9-13-3-1-2-8-17-13/h1-8,16H,9-10H2,(H,18,19). The van der Waals surface area contributed by atoms with Crippen molar-refractivity contribution < 1.29 is 9.18 Å². The van der Waals surface area contributed by atoms with Gasteiger partial charge >= 0.3 is 0 Å². The summed E-state index contributed by atoms with van der Waals surface area (Å²) in [6.45, 7) is 0.700. The lowest BCUT2D eigenvalue weighted by Gasteiger charge is -2.06. The van der Waals surface area contributed by atoms with Gasteiger partial charge in [0, 0.05) is 18.4 Å². The minimum Gasteiger partial charge on any atom is -0.325 e. The second-order valence-corrected chi connectivity index (χ2v) is 3.98. The minimum absolute atomic E-state index is 0.175. The van der Waals surface area contributed by atoms with Crippen LogP contribution in [0.3, 0.4) is 0 Å². The van der Waals surface area contributed by atoms with Crippen molar-refractivity contribution >= 4 is 11.6 Å². The lowest BCUT2D eigenvalue weighted by molar-refractivity contribution is -0.115. The predicted molar refractivity (Wildman–Crippen MR) is 71.0 cm³/mol. The van der Waals surface area contributed by atoms with E-state index in [1.54, 1.807) is 6.20 Å². The zero-order valence-electron chi connectivity index (χ0n) is 10.3. The predicted octanol–water partition coefficient (Wildman–Crippen LogP) is 1.95. The Kier molecular flexibility index (Phi) is 4.58. The van der Waals surface area contributed by atoms with E-state index in [1.807, 2.05) is 18.2 Å². The Hall–Kier alpha value is -2.27. The van der Waals surface area contributed by atoms with Gasteiger partial charge in [0.1, 0.15) is 5.82 Å². The maximum absolute atomic E-state index is 12.7. The number of amides is 1. The van der Waals surface area contributed by atoms with Gasteiger partial charge in [0.25, 0.3) is 0 Å². The van der Waals surface area contributed by atoms with Crippen LogP contribution in [0.5, 0.6) is 0 Å². The summed E-state index contributed by atoms with van der Waals surface area (Å²) in [6.07, 6.45) is 1.70. The third-order valence-corrected chi connectivity index (χ3v) is 2.45. The van der Waals surface area contributed by atoms with E-state index in [1.165, 1.54) is 24.3 Å². The van der Waals surface area contributed by atoms with Crippen molar-refractivity contribution in [1.29, 1.82) is 0 Å². The summed E-state index contributed by atoms with van der Waals surface area (Å²) in [4.78, 5) is 15.7. The molecule has 2 rings (SSSR count). The molecule has 19 heavy (non-hydrogen) atoms. The number of rotatable bonds is 5. The topological polar surface area (TPSA) is 54.0 Å². The molecule has 0 saturated carbocycles.